The Morgan fingerprint density at radius 1 is 1.18 bits per heavy atom. The van der Waals surface area contributed by atoms with E-state index in [1.807, 2.05) is 26.0 Å². The van der Waals surface area contributed by atoms with Gasteiger partial charge >= 0.3 is 0 Å². The summed E-state index contributed by atoms with van der Waals surface area (Å²) >= 11 is 5.69. The smallest absolute Gasteiger partial charge is 0.247 e. The van der Waals surface area contributed by atoms with Gasteiger partial charge in [-0.15, -0.1) is 0 Å². The second-order valence-corrected chi connectivity index (χ2v) is 4.16. The first kappa shape index (κ1) is 11.7. The van der Waals surface area contributed by atoms with Crippen LogP contribution in [0.25, 0.3) is 0 Å². The molecule has 17 heavy (non-hydrogen) atoms. The topological polar surface area (TPSA) is 61.0 Å². The van der Waals surface area contributed by atoms with Crippen LogP contribution in [0.15, 0.2) is 24.4 Å². The zero-order valence-electron chi connectivity index (χ0n) is 9.57. The van der Waals surface area contributed by atoms with Crippen LogP contribution < -0.4 is 10.5 Å². The molecule has 0 fully saturated rings. The zero-order valence-corrected chi connectivity index (χ0v) is 10.3. The monoisotopic (exact) mass is 249 g/mol. The van der Waals surface area contributed by atoms with Gasteiger partial charge in [0.2, 0.25) is 11.2 Å². The molecule has 4 nitrogen and oxygen atoms in total. The largest absolute Gasteiger partial charge is 0.437 e. The van der Waals surface area contributed by atoms with Crippen molar-refractivity contribution in [1.82, 2.24) is 9.97 Å². The minimum atomic E-state index is 0.110. The van der Waals surface area contributed by atoms with E-state index in [1.54, 1.807) is 0 Å². The van der Waals surface area contributed by atoms with Gasteiger partial charge in [0, 0.05) is 0 Å². The summed E-state index contributed by atoms with van der Waals surface area (Å²) in [7, 11) is 0. The average molecular weight is 250 g/mol. The molecular formula is C12H12ClN3O. The van der Waals surface area contributed by atoms with Crippen molar-refractivity contribution in [2.24, 2.45) is 0 Å². The van der Waals surface area contributed by atoms with Crippen LogP contribution >= 0.6 is 11.6 Å². The van der Waals surface area contributed by atoms with Crippen molar-refractivity contribution in [3.05, 3.63) is 40.8 Å². The van der Waals surface area contributed by atoms with Crippen molar-refractivity contribution in [2.75, 3.05) is 5.73 Å². The molecule has 88 valence electrons. The summed E-state index contributed by atoms with van der Waals surface area (Å²) in [6, 6.07) is 5.87. The lowest BCUT2D eigenvalue weighted by Gasteiger charge is -2.08. The molecule has 0 amide bonds. The third kappa shape index (κ3) is 2.85. The van der Waals surface area contributed by atoms with E-state index in [0.29, 0.717) is 11.4 Å². The highest BCUT2D eigenvalue weighted by Gasteiger charge is 2.06. The number of halogens is 1. The molecule has 2 rings (SSSR count). The number of rotatable bonds is 2. The predicted molar refractivity (Wildman–Crippen MR) is 67.4 cm³/mol. The lowest BCUT2D eigenvalue weighted by atomic mass is 10.1. The Hall–Kier alpha value is -1.81. The van der Waals surface area contributed by atoms with Crippen molar-refractivity contribution in [2.45, 2.75) is 13.8 Å². The molecule has 1 heterocycles. The van der Waals surface area contributed by atoms with Gasteiger partial charge in [0.15, 0.2) is 0 Å². The molecule has 0 atom stereocenters. The van der Waals surface area contributed by atoms with E-state index in [4.69, 9.17) is 22.1 Å². The summed E-state index contributed by atoms with van der Waals surface area (Å²) in [5.74, 6) is 0.957. The summed E-state index contributed by atoms with van der Waals surface area (Å²) in [6.45, 7) is 3.99. The van der Waals surface area contributed by atoms with Crippen LogP contribution in [0.4, 0.5) is 5.69 Å². The van der Waals surface area contributed by atoms with E-state index in [1.165, 1.54) is 6.20 Å². The van der Waals surface area contributed by atoms with Crippen molar-refractivity contribution in [3.8, 4) is 11.6 Å². The molecule has 2 N–H and O–H groups in total. The number of anilines is 1. The van der Waals surface area contributed by atoms with Crippen molar-refractivity contribution in [3.63, 3.8) is 0 Å². The highest BCUT2D eigenvalue weighted by atomic mass is 35.5. The number of nitrogens with two attached hydrogens (primary N) is 1. The number of hydrogen-bond donors (Lipinski definition) is 1. The predicted octanol–water partition coefficient (Wildman–Crippen LogP) is 3.12. The molecule has 0 aliphatic rings. The Labute approximate surface area is 104 Å². The highest BCUT2D eigenvalue weighted by molar-refractivity contribution is 6.28. The first-order valence-corrected chi connectivity index (χ1v) is 5.46. The average Bonchev–Trinajstić information content (AvgIpc) is 2.22. The molecule has 1 aromatic heterocycles. The minimum absolute atomic E-state index is 0.110. The summed E-state index contributed by atoms with van der Waals surface area (Å²) < 4.78 is 5.59. The third-order valence-corrected chi connectivity index (χ3v) is 2.34. The Morgan fingerprint density at radius 2 is 1.82 bits per heavy atom. The standard InChI is InChI=1S/C12H12ClN3O/c1-7-3-8(2)5-9(4-7)17-11-10(14)6-15-12(13)16-11/h3-6H,14H2,1-2H3. The molecule has 0 radical (unpaired) electrons. The van der Waals surface area contributed by atoms with E-state index in [2.05, 4.69) is 16.0 Å². The van der Waals surface area contributed by atoms with Crippen LogP contribution in [-0.2, 0) is 0 Å². The van der Waals surface area contributed by atoms with Gasteiger partial charge in [-0.3, -0.25) is 0 Å². The molecule has 0 bridgehead atoms. The van der Waals surface area contributed by atoms with Gasteiger partial charge in [-0.2, -0.15) is 4.98 Å². The second kappa shape index (κ2) is 4.59. The summed E-state index contributed by atoms with van der Waals surface area (Å²) in [4.78, 5) is 7.70. The molecule has 0 saturated heterocycles. The molecule has 0 spiro atoms. The SMILES string of the molecule is Cc1cc(C)cc(Oc2nc(Cl)ncc2N)c1. The van der Waals surface area contributed by atoms with Gasteiger partial charge in [0.25, 0.3) is 0 Å². The van der Waals surface area contributed by atoms with E-state index in [-0.39, 0.29) is 11.2 Å². The maximum Gasteiger partial charge on any atom is 0.247 e. The number of benzene rings is 1. The van der Waals surface area contributed by atoms with Gasteiger partial charge in [-0.25, -0.2) is 4.98 Å². The van der Waals surface area contributed by atoms with Crippen molar-refractivity contribution < 1.29 is 4.74 Å². The molecule has 0 saturated carbocycles. The number of nitrogens with zero attached hydrogens (tertiary/aromatic N) is 2. The molecule has 0 unspecified atom stereocenters. The van der Waals surface area contributed by atoms with Gasteiger partial charge in [0.1, 0.15) is 11.4 Å². The van der Waals surface area contributed by atoms with Crippen LogP contribution in [0.5, 0.6) is 11.6 Å². The van der Waals surface area contributed by atoms with Crippen molar-refractivity contribution >= 4 is 17.3 Å². The fraction of sp³-hybridized carbons (Fsp3) is 0.167. The quantitative estimate of drug-likeness (QED) is 0.831. The maximum absolute atomic E-state index is 5.70. The number of ether oxygens (including phenoxy) is 1. The molecule has 2 aromatic rings. The summed E-state index contributed by atoms with van der Waals surface area (Å²) in [5, 5.41) is 0.110. The lowest BCUT2D eigenvalue weighted by molar-refractivity contribution is 0.463. The zero-order chi connectivity index (χ0) is 12.4. The summed E-state index contributed by atoms with van der Waals surface area (Å²) in [5.41, 5.74) is 8.28. The minimum Gasteiger partial charge on any atom is -0.437 e. The van der Waals surface area contributed by atoms with E-state index in [9.17, 15) is 0 Å². The van der Waals surface area contributed by atoms with Gasteiger partial charge in [-0.1, -0.05) is 6.07 Å². The normalized spacial score (nSPS) is 10.3. The molecule has 1 aromatic carbocycles. The Morgan fingerprint density at radius 3 is 2.47 bits per heavy atom. The fourth-order valence-electron chi connectivity index (χ4n) is 1.54. The van der Waals surface area contributed by atoms with Crippen LogP contribution in [0, 0.1) is 13.8 Å². The number of aromatic nitrogens is 2. The van der Waals surface area contributed by atoms with Crippen LogP contribution in [0.3, 0.4) is 0 Å². The van der Waals surface area contributed by atoms with Crippen LogP contribution in [0.1, 0.15) is 11.1 Å². The van der Waals surface area contributed by atoms with Crippen LogP contribution in [-0.4, -0.2) is 9.97 Å². The van der Waals surface area contributed by atoms with E-state index < -0.39 is 0 Å². The number of nitrogen functional groups attached to an aromatic ring is 1. The lowest BCUT2D eigenvalue weighted by Crippen LogP contribution is -1.97. The van der Waals surface area contributed by atoms with Gasteiger partial charge in [-0.05, 0) is 48.7 Å². The molecule has 5 heteroatoms. The molecule has 0 aliphatic carbocycles. The Balaban J connectivity index is 2.34. The highest BCUT2D eigenvalue weighted by Crippen LogP contribution is 2.26. The van der Waals surface area contributed by atoms with E-state index >= 15 is 0 Å². The van der Waals surface area contributed by atoms with E-state index in [0.717, 1.165) is 11.1 Å². The molecule has 0 aliphatic heterocycles. The summed E-state index contributed by atoms with van der Waals surface area (Å²) in [6.07, 6.45) is 1.42. The van der Waals surface area contributed by atoms with Gasteiger partial charge in [0.05, 0.1) is 6.20 Å². The number of aryl methyl sites for hydroxylation is 2. The fourth-order valence-corrected chi connectivity index (χ4v) is 1.67. The van der Waals surface area contributed by atoms with Crippen LogP contribution in [0.2, 0.25) is 5.28 Å². The first-order valence-electron chi connectivity index (χ1n) is 5.09. The second-order valence-electron chi connectivity index (χ2n) is 3.83. The van der Waals surface area contributed by atoms with Crippen molar-refractivity contribution in [1.29, 1.82) is 0 Å². The Kier molecular flexibility index (Phi) is 3.15. The van der Waals surface area contributed by atoms with Gasteiger partial charge < -0.3 is 10.5 Å². The number of hydrogen-bond acceptors (Lipinski definition) is 4. The first-order chi connectivity index (χ1) is 8.04. The third-order valence-electron chi connectivity index (χ3n) is 2.16. The maximum atomic E-state index is 5.70. The Bertz CT molecular complexity index is 537. The molecular weight excluding hydrogens is 238 g/mol.